The maximum Gasteiger partial charge on any atom is 0.0918 e. The van der Waals surface area contributed by atoms with E-state index in [9.17, 15) is 0 Å². The lowest BCUT2D eigenvalue weighted by atomic mass is 10.3. The van der Waals surface area contributed by atoms with Crippen LogP contribution in [-0.2, 0) is 6.54 Å². The second-order valence-corrected chi connectivity index (χ2v) is 2.33. The molecule has 0 amide bonds. The van der Waals surface area contributed by atoms with Gasteiger partial charge in [0.1, 0.15) is 0 Å². The lowest BCUT2D eigenvalue weighted by molar-refractivity contribution is 0.321. The molecule has 1 aromatic rings. The first-order valence-corrected chi connectivity index (χ1v) is 3.65. The third-order valence-corrected chi connectivity index (χ3v) is 1.38. The van der Waals surface area contributed by atoms with Gasteiger partial charge in [-0.15, -0.1) is 0 Å². The number of hydrogen-bond acceptors (Lipinski definition) is 4. The highest BCUT2D eigenvalue weighted by molar-refractivity contribution is 5.76. The molecule has 0 fully saturated rings. The van der Waals surface area contributed by atoms with E-state index in [0.717, 1.165) is 5.69 Å². The predicted octanol–water partition coefficient (Wildman–Crippen LogP) is 0.609. The maximum absolute atomic E-state index is 8.25. The van der Waals surface area contributed by atoms with Gasteiger partial charge in [-0.3, -0.25) is 4.98 Å². The molecule has 4 nitrogen and oxygen atoms in total. The predicted molar refractivity (Wildman–Crippen MR) is 46.4 cm³/mol. The van der Waals surface area contributed by atoms with Gasteiger partial charge in [-0.05, 0) is 19.2 Å². The first-order valence-electron chi connectivity index (χ1n) is 3.65. The SMILES string of the molecule is CNCc1cccc(/C=N/O)n1. The molecule has 0 spiro atoms. The summed E-state index contributed by atoms with van der Waals surface area (Å²) in [5, 5.41) is 14.1. The lowest BCUT2D eigenvalue weighted by Gasteiger charge is -1.98. The molecule has 0 aliphatic carbocycles. The molecule has 0 radical (unpaired) electrons. The minimum absolute atomic E-state index is 0.658. The smallest absolute Gasteiger partial charge is 0.0918 e. The van der Waals surface area contributed by atoms with Crippen LogP contribution < -0.4 is 5.32 Å². The van der Waals surface area contributed by atoms with Crippen LogP contribution in [0.15, 0.2) is 23.4 Å². The highest BCUT2D eigenvalue weighted by Crippen LogP contribution is 1.96. The molecule has 0 atom stereocenters. The van der Waals surface area contributed by atoms with E-state index < -0.39 is 0 Å². The summed E-state index contributed by atoms with van der Waals surface area (Å²) >= 11 is 0. The number of hydrogen-bond donors (Lipinski definition) is 2. The topological polar surface area (TPSA) is 57.5 Å². The summed E-state index contributed by atoms with van der Waals surface area (Å²) in [6.07, 6.45) is 1.30. The van der Waals surface area contributed by atoms with Crippen LogP contribution in [0, 0.1) is 0 Å². The van der Waals surface area contributed by atoms with Gasteiger partial charge in [0.2, 0.25) is 0 Å². The zero-order chi connectivity index (χ0) is 8.81. The standard InChI is InChI=1S/C8H11N3O/c1-9-5-7-3-2-4-8(11-7)6-10-12/h2-4,6,9,12H,5H2,1H3/b10-6+. The largest absolute Gasteiger partial charge is 0.411 e. The molecule has 0 aliphatic heterocycles. The molecular formula is C8H11N3O. The summed E-state index contributed by atoms with van der Waals surface area (Å²) < 4.78 is 0. The zero-order valence-electron chi connectivity index (χ0n) is 6.86. The Morgan fingerprint density at radius 2 is 2.50 bits per heavy atom. The third-order valence-electron chi connectivity index (χ3n) is 1.38. The number of oxime groups is 1. The Hall–Kier alpha value is -1.42. The van der Waals surface area contributed by atoms with Gasteiger partial charge in [0.05, 0.1) is 17.6 Å². The fraction of sp³-hybridized carbons (Fsp3) is 0.250. The van der Waals surface area contributed by atoms with Crippen molar-refractivity contribution in [3.63, 3.8) is 0 Å². The molecule has 0 unspecified atom stereocenters. The fourth-order valence-electron chi connectivity index (χ4n) is 0.909. The molecule has 12 heavy (non-hydrogen) atoms. The van der Waals surface area contributed by atoms with Crippen molar-refractivity contribution in [3.05, 3.63) is 29.6 Å². The van der Waals surface area contributed by atoms with Gasteiger partial charge in [0.15, 0.2) is 0 Å². The monoisotopic (exact) mass is 165 g/mol. The summed E-state index contributed by atoms with van der Waals surface area (Å²) in [5.41, 5.74) is 1.58. The zero-order valence-corrected chi connectivity index (χ0v) is 6.86. The highest BCUT2D eigenvalue weighted by atomic mass is 16.4. The van der Waals surface area contributed by atoms with Crippen LogP contribution in [0.5, 0.6) is 0 Å². The van der Waals surface area contributed by atoms with E-state index in [2.05, 4.69) is 15.5 Å². The minimum atomic E-state index is 0.658. The number of nitrogens with one attached hydrogen (secondary N) is 1. The molecule has 0 saturated carbocycles. The van der Waals surface area contributed by atoms with E-state index in [0.29, 0.717) is 12.2 Å². The van der Waals surface area contributed by atoms with Gasteiger partial charge in [0.25, 0.3) is 0 Å². The van der Waals surface area contributed by atoms with Crippen LogP contribution >= 0.6 is 0 Å². The molecule has 0 saturated heterocycles. The van der Waals surface area contributed by atoms with Gasteiger partial charge in [-0.2, -0.15) is 0 Å². The molecule has 0 bridgehead atoms. The summed E-state index contributed by atoms with van der Waals surface area (Å²) in [4.78, 5) is 4.18. The second-order valence-electron chi connectivity index (χ2n) is 2.33. The Morgan fingerprint density at radius 1 is 1.67 bits per heavy atom. The van der Waals surface area contributed by atoms with E-state index in [1.807, 2.05) is 19.2 Å². The second kappa shape index (κ2) is 4.46. The van der Waals surface area contributed by atoms with E-state index in [1.54, 1.807) is 6.07 Å². The Labute approximate surface area is 70.9 Å². The number of nitrogens with zero attached hydrogens (tertiary/aromatic N) is 2. The average molecular weight is 165 g/mol. The van der Waals surface area contributed by atoms with Crippen molar-refractivity contribution in [2.45, 2.75) is 6.54 Å². The summed E-state index contributed by atoms with van der Waals surface area (Å²) in [7, 11) is 1.86. The number of pyridine rings is 1. The Kier molecular flexibility index (Phi) is 3.22. The van der Waals surface area contributed by atoms with Crippen molar-refractivity contribution in [2.24, 2.45) is 5.16 Å². The van der Waals surface area contributed by atoms with E-state index in [-0.39, 0.29) is 0 Å². The van der Waals surface area contributed by atoms with Crippen LogP contribution in [0.1, 0.15) is 11.4 Å². The van der Waals surface area contributed by atoms with Crippen LogP contribution in [0.25, 0.3) is 0 Å². The van der Waals surface area contributed by atoms with Crippen LogP contribution in [0.3, 0.4) is 0 Å². The fourth-order valence-corrected chi connectivity index (χ4v) is 0.909. The molecule has 0 aliphatic rings. The Balaban J connectivity index is 2.80. The highest BCUT2D eigenvalue weighted by Gasteiger charge is 1.93. The van der Waals surface area contributed by atoms with Crippen LogP contribution in [-0.4, -0.2) is 23.5 Å². The van der Waals surface area contributed by atoms with Crippen molar-refractivity contribution in [1.82, 2.24) is 10.3 Å². The lowest BCUT2D eigenvalue weighted by Crippen LogP contribution is -2.07. The summed E-state index contributed by atoms with van der Waals surface area (Å²) in [5.74, 6) is 0. The van der Waals surface area contributed by atoms with Crippen molar-refractivity contribution < 1.29 is 5.21 Å². The molecule has 1 heterocycles. The minimum Gasteiger partial charge on any atom is -0.411 e. The molecule has 0 aromatic carbocycles. The summed E-state index contributed by atoms with van der Waals surface area (Å²) in [6.45, 7) is 0.715. The van der Waals surface area contributed by atoms with Crippen molar-refractivity contribution in [2.75, 3.05) is 7.05 Å². The van der Waals surface area contributed by atoms with Gasteiger partial charge < -0.3 is 10.5 Å². The van der Waals surface area contributed by atoms with E-state index in [4.69, 9.17) is 5.21 Å². The molecule has 2 N–H and O–H groups in total. The molecule has 1 aromatic heterocycles. The Bertz CT molecular complexity index is 273. The van der Waals surface area contributed by atoms with Gasteiger partial charge in [-0.25, -0.2) is 0 Å². The van der Waals surface area contributed by atoms with Crippen LogP contribution in [0.2, 0.25) is 0 Å². The molecule has 4 heteroatoms. The van der Waals surface area contributed by atoms with E-state index >= 15 is 0 Å². The normalized spacial score (nSPS) is 10.8. The van der Waals surface area contributed by atoms with Gasteiger partial charge in [0, 0.05) is 6.54 Å². The number of rotatable bonds is 3. The number of aromatic nitrogens is 1. The van der Waals surface area contributed by atoms with Crippen molar-refractivity contribution >= 4 is 6.21 Å². The maximum atomic E-state index is 8.25. The van der Waals surface area contributed by atoms with Gasteiger partial charge in [-0.1, -0.05) is 11.2 Å². The first kappa shape index (κ1) is 8.67. The molecule has 64 valence electrons. The first-order chi connectivity index (χ1) is 5.86. The average Bonchev–Trinajstić information content (AvgIpc) is 2.06. The molecule has 1 rings (SSSR count). The quantitative estimate of drug-likeness (QED) is 0.392. The molecular weight excluding hydrogens is 154 g/mol. The van der Waals surface area contributed by atoms with E-state index in [1.165, 1.54) is 6.21 Å². The van der Waals surface area contributed by atoms with Crippen molar-refractivity contribution in [3.8, 4) is 0 Å². The Morgan fingerprint density at radius 3 is 3.17 bits per heavy atom. The van der Waals surface area contributed by atoms with Gasteiger partial charge >= 0.3 is 0 Å². The summed E-state index contributed by atoms with van der Waals surface area (Å²) in [6, 6.07) is 5.56. The van der Waals surface area contributed by atoms with Crippen molar-refractivity contribution in [1.29, 1.82) is 0 Å². The third kappa shape index (κ3) is 2.32. The van der Waals surface area contributed by atoms with Crippen LogP contribution in [0.4, 0.5) is 0 Å².